The monoisotopic (exact) mass is 422 g/mol. The molecule has 148 valence electrons. The summed E-state index contributed by atoms with van der Waals surface area (Å²) in [5.74, 6) is -1.72. The fourth-order valence-corrected chi connectivity index (χ4v) is 3.49. The summed E-state index contributed by atoms with van der Waals surface area (Å²) in [7, 11) is 3.77. The van der Waals surface area contributed by atoms with E-state index in [0.717, 1.165) is 4.88 Å². The van der Waals surface area contributed by atoms with Crippen LogP contribution in [0.5, 0.6) is 0 Å². The van der Waals surface area contributed by atoms with Gasteiger partial charge in [0.1, 0.15) is 5.00 Å². The Morgan fingerprint density at radius 1 is 0.857 bits per heavy atom. The molecule has 0 saturated carbocycles. The van der Waals surface area contributed by atoms with Gasteiger partial charge in [0, 0.05) is 10.6 Å². The molecule has 0 amide bonds. The minimum absolute atomic E-state index is 0.151. The molecule has 10 heteroatoms. The highest BCUT2D eigenvalue weighted by molar-refractivity contribution is 7.80. The lowest BCUT2D eigenvalue weighted by atomic mass is 10.1. The molecule has 0 saturated heterocycles. The van der Waals surface area contributed by atoms with Gasteiger partial charge in [-0.1, -0.05) is 0 Å². The Labute approximate surface area is 170 Å². The molecule has 8 nitrogen and oxygen atoms in total. The van der Waals surface area contributed by atoms with E-state index in [4.69, 9.17) is 26.4 Å². The van der Waals surface area contributed by atoms with Crippen LogP contribution in [0.3, 0.4) is 0 Å². The van der Waals surface area contributed by atoms with E-state index in [0.29, 0.717) is 16.3 Å². The number of thiocarbonyl (C=S) groups is 1. The summed E-state index contributed by atoms with van der Waals surface area (Å²) >= 11 is 6.62. The third kappa shape index (κ3) is 5.05. The number of nitrogens with one attached hydrogen (secondary N) is 2. The number of thiophene rings is 1. The Morgan fingerprint density at radius 2 is 1.39 bits per heavy atom. The van der Waals surface area contributed by atoms with Crippen LogP contribution in [0, 0.1) is 6.92 Å². The molecule has 0 spiro atoms. The Hall–Kier alpha value is -2.98. The topological polar surface area (TPSA) is 103 Å². The number of carbonyl (C=O) groups excluding carboxylic acids is 3. The van der Waals surface area contributed by atoms with Gasteiger partial charge in [-0.15, -0.1) is 11.3 Å². The number of methoxy groups -OCH3 is 3. The number of benzene rings is 1. The number of ether oxygens (including phenoxy) is 3. The summed E-state index contributed by atoms with van der Waals surface area (Å²) in [6.45, 7) is 1.85. The van der Waals surface area contributed by atoms with E-state index in [9.17, 15) is 14.4 Å². The SMILES string of the molecule is COC(=O)c1cc(NC(=S)Nc2sc(C)cc2C(=O)OC)cc(C(=O)OC)c1. The number of esters is 3. The lowest BCUT2D eigenvalue weighted by Crippen LogP contribution is -2.20. The van der Waals surface area contributed by atoms with Crippen molar-refractivity contribution < 1.29 is 28.6 Å². The summed E-state index contributed by atoms with van der Waals surface area (Å²) in [4.78, 5) is 36.5. The van der Waals surface area contributed by atoms with Crippen LogP contribution in [0.1, 0.15) is 36.0 Å². The van der Waals surface area contributed by atoms with E-state index >= 15 is 0 Å². The molecule has 0 atom stereocenters. The van der Waals surface area contributed by atoms with Crippen LogP contribution in [0.4, 0.5) is 10.7 Å². The molecule has 1 aromatic heterocycles. The number of hydrogen-bond donors (Lipinski definition) is 2. The van der Waals surface area contributed by atoms with Crippen LogP contribution in [-0.4, -0.2) is 44.3 Å². The van der Waals surface area contributed by atoms with Crippen molar-refractivity contribution >= 4 is 57.3 Å². The molecule has 0 aliphatic carbocycles. The Kier molecular flexibility index (Phi) is 7.07. The highest BCUT2D eigenvalue weighted by Gasteiger charge is 2.18. The van der Waals surface area contributed by atoms with E-state index in [1.54, 1.807) is 6.07 Å². The van der Waals surface area contributed by atoms with Gasteiger partial charge in [-0.2, -0.15) is 0 Å². The molecule has 1 heterocycles. The van der Waals surface area contributed by atoms with Crippen LogP contribution in [0.15, 0.2) is 24.3 Å². The van der Waals surface area contributed by atoms with Crippen LogP contribution >= 0.6 is 23.6 Å². The van der Waals surface area contributed by atoms with E-state index < -0.39 is 17.9 Å². The summed E-state index contributed by atoms with van der Waals surface area (Å²) in [6, 6.07) is 6.01. The quantitative estimate of drug-likeness (QED) is 0.427. The molecule has 0 aliphatic heterocycles. The first-order valence-corrected chi connectivity index (χ1v) is 9.10. The molecule has 0 bridgehead atoms. The first-order chi connectivity index (χ1) is 13.3. The lowest BCUT2D eigenvalue weighted by molar-refractivity contribution is 0.0588. The van der Waals surface area contributed by atoms with Gasteiger partial charge >= 0.3 is 17.9 Å². The summed E-state index contributed by atoms with van der Waals surface area (Å²) in [6.07, 6.45) is 0. The molecule has 0 aliphatic rings. The van der Waals surface area contributed by atoms with Crippen LogP contribution in [-0.2, 0) is 14.2 Å². The van der Waals surface area contributed by atoms with Crippen LogP contribution < -0.4 is 10.6 Å². The van der Waals surface area contributed by atoms with Gasteiger partial charge in [0.15, 0.2) is 5.11 Å². The third-order valence-corrected chi connectivity index (χ3v) is 4.69. The van der Waals surface area contributed by atoms with E-state index in [-0.39, 0.29) is 16.2 Å². The fraction of sp³-hybridized carbons (Fsp3) is 0.222. The van der Waals surface area contributed by atoms with Crippen molar-refractivity contribution in [1.82, 2.24) is 0 Å². The molecular formula is C18H18N2O6S2. The summed E-state index contributed by atoms with van der Waals surface area (Å²) in [5, 5.41) is 6.48. The minimum Gasteiger partial charge on any atom is -0.465 e. The maximum Gasteiger partial charge on any atom is 0.340 e. The van der Waals surface area contributed by atoms with Gasteiger partial charge in [-0.05, 0) is 43.4 Å². The molecule has 2 rings (SSSR count). The van der Waals surface area contributed by atoms with Crippen LogP contribution in [0.25, 0.3) is 0 Å². The van der Waals surface area contributed by atoms with Gasteiger partial charge in [0.25, 0.3) is 0 Å². The fourth-order valence-electron chi connectivity index (χ4n) is 2.31. The zero-order valence-electron chi connectivity index (χ0n) is 15.6. The van der Waals surface area contributed by atoms with Crippen molar-refractivity contribution in [3.63, 3.8) is 0 Å². The normalized spacial score (nSPS) is 10.0. The summed E-state index contributed by atoms with van der Waals surface area (Å²) < 4.78 is 14.2. The van der Waals surface area contributed by atoms with Gasteiger partial charge < -0.3 is 24.8 Å². The van der Waals surface area contributed by atoms with Gasteiger partial charge in [0.05, 0.1) is 38.0 Å². The van der Waals surface area contributed by atoms with Crippen LogP contribution in [0.2, 0.25) is 0 Å². The van der Waals surface area contributed by atoms with Gasteiger partial charge in [0.2, 0.25) is 0 Å². The molecule has 0 fully saturated rings. The molecule has 0 radical (unpaired) electrons. The maximum absolute atomic E-state index is 11.9. The highest BCUT2D eigenvalue weighted by atomic mass is 32.1. The van der Waals surface area contributed by atoms with Gasteiger partial charge in [-0.25, -0.2) is 14.4 Å². The maximum atomic E-state index is 11.9. The number of anilines is 2. The lowest BCUT2D eigenvalue weighted by Gasteiger charge is -2.12. The average Bonchev–Trinajstić information content (AvgIpc) is 3.05. The van der Waals surface area contributed by atoms with Crippen molar-refractivity contribution in [2.24, 2.45) is 0 Å². The zero-order chi connectivity index (χ0) is 20.8. The third-order valence-electron chi connectivity index (χ3n) is 3.52. The molecule has 2 N–H and O–H groups in total. The van der Waals surface area contributed by atoms with Crippen molar-refractivity contribution in [2.75, 3.05) is 32.0 Å². The molecule has 0 unspecified atom stereocenters. The van der Waals surface area contributed by atoms with Crippen molar-refractivity contribution in [3.05, 3.63) is 45.8 Å². The molecule has 1 aromatic carbocycles. The predicted octanol–water partition coefficient (Wildman–Crippen LogP) is 3.23. The first-order valence-electron chi connectivity index (χ1n) is 7.87. The van der Waals surface area contributed by atoms with Gasteiger partial charge in [-0.3, -0.25) is 0 Å². The Morgan fingerprint density at radius 3 is 1.89 bits per heavy atom. The first kappa shape index (κ1) is 21.3. The number of hydrogen-bond acceptors (Lipinski definition) is 8. The Balaban J connectivity index is 2.27. The number of rotatable bonds is 5. The zero-order valence-corrected chi connectivity index (χ0v) is 17.2. The number of aryl methyl sites for hydroxylation is 1. The number of carbonyl (C=O) groups is 3. The predicted molar refractivity (Wildman–Crippen MR) is 109 cm³/mol. The largest absolute Gasteiger partial charge is 0.465 e. The second-order valence-electron chi connectivity index (χ2n) is 5.45. The highest BCUT2D eigenvalue weighted by Crippen LogP contribution is 2.28. The Bertz CT molecular complexity index is 904. The average molecular weight is 422 g/mol. The molecule has 28 heavy (non-hydrogen) atoms. The summed E-state index contributed by atoms with van der Waals surface area (Å²) in [5.41, 5.74) is 1.03. The molecule has 2 aromatic rings. The smallest absolute Gasteiger partial charge is 0.340 e. The second kappa shape index (κ2) is 9.29. The minimum atomic E-state index is -0.616. The van der Waals surface area contributed by atoms with Crippen molar-refractivity contribution in [1.29, 1.82) is 0 Å². The standard InChI is InChI=1S/C18H18N2O6S2/c1-9-5-13(17(23)26-4)14(28-9)20-18(27)19-12-7-10(15(21)24-2)6-11(8-12)16(22)25-3/h5-8H,1-4H3,(H2,19,20,27). The second-order valence-corrected chi connectivity index (χ2v) is 7.12. The van der Waals surface area contributed by atoms with E-state index in [1.165, 1.54) is 50.9 Å². The van der Waals surface area contributed by atoms with E-state index in [1.807, 2.05) is 6.92 Å². The van der Waals surface area contributed by atoms with Crippen molar-refractivity contribution in [2.45, 2.75) is 6.92 Å². The van der Waals surface area contributed by atoms with Crippen molar-refractivity contribution in [3.8, 4) is 0 Å². The van der Waals surface area contributed by atoms with E-state index in [2.05, 4.69) is 10.6 Å². The molecular weight excluding hydrogens is 404 g/mol.